The van der Waals surface area contributed by atoms with Gasteiger partial charge < -0.3 is 10.2 Å². The van der Waals surface area contributed by atoms with Crippen LogP contribution in [0.25, 0.3) is 0 Å². The lowest BCUT2D eigenvalue weighted by atomic mass is 9.76. The summed E-state index contributed by atoms with van der Waals surface area (Å²) in [6, 6.07) is 0.984. The van der Waals surface area contributed by atoms with Crippen LogP contribution in [-0.4, -0.2) is 24.6 Å². The fraction of sp³-hybridized carbons (Fsp3) is 0.812. The predicted octanol–water partition coefficient (Wildman–Crippen LogP) is 4.00. The summed E-state index contributed by atoms with van der Waals surface area (Å²) >= 11 is 1.88. The Balaban J connectivity index is 2.28. The third kappa shape index (κ3) is 3.34. The van der Waals surface area contributed by atoms with Crippen molar-refractivity contribution in [3.05, 3.63) is 10.6 Å². The van der Waals surface area contributed by atoms with Crippen LogP contribution in [0.4, 0.5) is 5.13 Å². The number of rotatable bonds is 5. The molecule has 1 aromatic rings. The van der Waals surface area contributed by atoms with E-state index in [0.29, 0.717) is 17.5 Å². The van der Waals surface area contributed by atoms with Crippen molar-refractivity contribution < 1.29 is 0 Å². The lowest BCUT2D eigenvalue weighted by molar-refractivity contribution is 0.258. The van der Waals surface area contributed by atoms with Crippen molar-refractivity contribution in [2.75, 3.05) is 18.5 Å². The van der Waals surface area contributed by atoms with Crippen LogP contribution in [0, 0.1) is 5.41 Å². The van der Waals surface area contributed by atoms with Gasteiger partial charge in [-0.3, -0.25) is 0 Å². The van der Waals surface area contributed by atoms with E-state index in [-0.39, 0.29) is 0 Å². The molecular formula is C16H29N3S. The molecule has 0 fully saturated rings. The summed E-state index contributed by atoms with van der Waals surface area (Å²) in [5, 5.41) is 4.89. The maximum absolute atomic E-state index is 4.93. The Morgan fingerprint density at radius 1 is 1.45 bits per heavy atom. The largest absolute Gasteiger partial charge is 0.349 e. The highest BCUT2D eigenvalue weighted by atomic mass is 32.1. The Bertz CT molecular complexity index is 451. The molecule has 0 saturated heterocycles. The molecule has 0 amide bonds. The quantitative estimate of drug-likeness (QED) is 0.890. The summed E-state index contributed by atoms with van der Waals surface area (Å²) in [6.45, 7) is 12.5. The van der Waals surface area contributed by atoms with Gasteiger partial charge in [0.25, 0.3) is 0 Å². The number of thiazole rings is 1. The van der Waals surface area contributed by atoms with Gasteiger partial charge in [-0.05, 0) is 45.1 Å². The summed E-state index contributed by atoms with van der Waals surface area (Å²) < 4.78 is 0. The molecule has 1 aliphatic carbocycles. The zero-order chi connectivity index (χ0) is 14.9. The van der Waals surface area contributed by atoms with E-state index < -0.39 is 0 Å². The van der Waals surface area contributed by atoms with Gasteiger partial charge in [0.15, 0.2) is 5.13 Å². The van der Waals surface area contributed by atoms with E-state index in [0.717, 1.165) is 13.0 Å². The SMILES string of the molecule is CCCNC1CC(C)(C)Cc2nc(N(C)C(C)C)sc21. The van der Waals surface area contributed by atoms with Gasteiger partial charge in [-0.15, -0.1) is 0 Å². The smallest absolute Gasteiger partial charge is 0.185 e. The van der Waals surface area contributed by atoms with Crippen LogP contribution in [-0.2, 0) is 6.42 Å². The number of fused-ring (bicyclic) bond motifs is 1. The molecule has 1 N–H and O–H groups in total. The number of nitrogens with one attached hydrogen (secondary N) is 1. The second-order valence-corrected chi connectivity index (χ2v) is 8.07. The van der Waals surface area contributed by atoms with Crippen LogP contribution in [0.15, 0.2) is 0 Å². The second kappa shape index (κ2) is 6.02. The molecule has 1 aliphatic rings. The minimum absolute atomic E-state index is 0.347. The van der Waals surface area contributed by atoms with Gasteiger partial charge in [0.2, 0.25) is 0 Å². The van der Waals surface area contributed by atoms with Crippen molar-refractivity contribution >= 4 is 16.5 Å². The summed E-state index contributed by atoms with van der Waals surface area (Å²) in [4.78, 5) is 8.69. The molecule has 2 rings (SSSR count). The Kier molecular flexibility index (Phi) is 4.75. The predicted molar refractivity (Wildman–Crippen MR) is 88.8 cm³/mol. The van der Waals surface area contributed by atoms with E-state index in [1.54, 1.807) is 0 Å². The first kappa shape index (κ1) is 15.8. The van der Waals surface area contributed by atoms with Crippen molar-refractivity contribution in [1.29, 1.82) is 0 Å². The second-order valence-electron chi connectivity index (χ2n) is 7.06. The monoisotopic (exact) mass is 295 g/mol. The number of aromatic nitrogens is 1. The van der Waals surface area contributed by atoms with Crippen molar-refractivity contribution in [3.63, 3.8) is 0 Å². The molecule has 0 aromatic carbocycles. The molecule has 0 saturated carbocycles. The van der Waals surface area contributed by atoms with Crippen LogP contribution in [0.3, 0.4) is 0 Å². The summed E-state index contributed by atoms with van der Waals surface area (Å²) in [7, 11) is 2.15. The van der Waals surface area contributed by atoms with Gasteiger partial charge in [0, 0.05) is 24.0 Å². The zero-order valence-corrected chi connectivity index (χ0v) is 14.6. The number of hydrogen-bond donors (Lipinski definition) is 1. The number of anilines is 1. The van der Waals surface area contributed by atoms with Crippen LogP contribution in [0.5, 0.6) is 0 Å². The Labute approximate surface area is 127 Å². The van der Waals surface area contributed by atoms with E-state index in [2.05, 4.69) is 51.9 Å². The van der Waals surface area contributed by atoms with Crippen molar-refractivity contribution in [3.8, 4) is 0 Å². The van der Waals surface area contributed by atoms with E-state index in [9.17, 15) is 0 Å². The first-order valence-electron chi connectivity index (χ1n) is 7.80. The zero-order valence-electron chi connectivity index (χ0n) is 13.8. The highest BCUT2D eigenvalue weighted by molar-refractivity contribution is 7.15. The van der Waals surface area contributed by atoms with Gasteiger partial charge in [0.05, 0.1) is 5.69 Å². The van der Waals surface area contributed by atoms with Gasteiger partial charge in [-0.25, -0.2) is 4.98 Å². The minimum atomic E-state index is 0.347. The third-order valence-corrected chi connectivity index (χ3v) is 5.45. The average Bonchev–Trinajstić information content (AvgIpc) is 2.76. The molecular weight excluding hydrogens is 266 g/mol. The molecule has 3 nitrogen and oxygen atoms in total. The lowest BCUT2D eigenvalue weighted by Gasteiger charge is -2.34. The van der Waals surface area contributed by atoms with Crippen LogP contribution < -0.4 is 10.2 Å². The fourth-order valence-corrected chi connectivity index (χ4v) is 4.03. The molecule has 0 aliphatic heterocycles. The molecule has 0 spiro atoms. The van der Waals surface area contributed by atoms with Crippen LogP contribution in [0.1, 0.15) is 64.1 Å². The van der Waals surface area contributed by atoms with E-state index in [1.807, 2.05) is 11.3 Å². The number of hydrogen-bond acceptors (Lipinski definition) is 4. The molecule has 4 heteroatoms. The molecule has 1 heterocycles. The molecule has 1 aromatic heterocycles. The van der Waals surface area contributed by atoms with Gasteiger partial charge in [-0.1, -0.05) is 32.1 Å². The summed E-state index contributed by atoms with van der Waals surface area (Å²) in [6.07, 6.45) is 3.51. The van der Waals surface area contributed by atoms with Crippen LogP contribution >= 0.6 is 11.3 Å². The third-order valence-electron chi connectivity index (χ3n) is 4.15. The van der Waals surface area contributed by atoms with Crippen molar-refractivity contribution in [2.24, 2.45) is 5.41 Å². The molecule has 1 unspecified atom stereocenters. The average molecular weight is 295 g/mol. The van der Waals surface area contributed by atoms with E-state index >= 15 is 0 Å². The summed E-state index contributed by atoms with van der Waals surface area (Å²) in [5.41, 5.74) is 1.67. The molecule has 20 heavy (non-hydrogen) atoms. The Morgan fingerprint density at radius 3 is 2.75 bits per heavy atom. The molecule has 114 valence electrons. The van der Waals surface area contributed by atoms with Gasteiger partial charge in [-0.2, -0.15) is 0 Å². The molecule has 1 atom stereocenters. The fourth-order valence-electron chi connectivity index (χ4n) is 2.78. The minimum Gasteiger partial charge on any atom is -0.349 e. The first-order valence-corrected chi connectivity index (χ1v) is 8.61. The maximum atomic E-state index is 4.93. The first-order chi connectivity index (χ1) is 9.34. The Hall–Kier alpha value is -0.610. The van der Waals surface area contributed by atoms with E-state index in [4.69, 9.17) is 4.98 Å². The van der Waals surface area contributed by atoms with Crippen molar-refractivity contribution in [2.45, 2.75) is 66.0 Å². The lowest BCUT2D eigenvalue weighted by Crippen LogP contribution is -2.33. The standard InChI is InChI=1S/C16H29N3S/c1-7-8-17-12-9-16(4,5)10-13-14(12)20-15(18-13)19(6)11(2)3/h11-12,17H,7-10H2,1-6H3. The van der Waals surface area contributed by atoms with Crippen molar-refractivity contribution in [1.82, 2.24) is 10.3 Å². The normalized spacial score (nSPS) is 21.1. The Morgan fingerprint density at radius 2 is 2.15 bits per heavy atom. The summed E-state index contributed by atoms with van der Waals surface area (Å²) in [5.74, 6) is 0. The maximum Gasteiger partial charge on any atom is 0.185 e. The van der Waals surface area contributed by atoms with Gasteiger partial charge >= 0.3 is 0 Å². The number of nitrogens with zero attached hydrogens (tertiary/aromatic N) is 2. The topological polar surface area (TPSA) is 28.2 Å². The van der Waals surface area contributed by atoms with Crippen LogP contribution in [0.2, 0.25) is 0 Å². The van der Waals surface area contributed by atoms with E-state index in [1.165, 1.54) is 28.5 Å². The van der Waals surface area contributed by atoms with Gasteiger partial charge in [0.1, 0.15) is 0 Å². The molecule has 0 bridgehead atoms. The highest BCUT2D eigenvalue weighted by Crippen LogP contribution is 2.44. The molecule has 0 radical (unpaired) electrons. The highest BCUT2D eigenvalue weighted by Gasteiger charge is 2.35.